The van der Waals surface area contributed by atoms with Crippen molar-refractivity contribution in [3.63, 3.8) is 0 Å². The molecule has 3 nitrogen and oxygen atoms in total. The van der Waals surface area contributed by atoms with Crippen LogP contribution < -0.4 is 5.73 Å². The Bertz CT molecular complexity index is 147. The molecule has 58 valence electrons. The predicted molar refractivity (Wildman–Crippen MR) is 39.4 cm³/mol. The number of hydrogen-bond acceptors (Lipinski definition) is 2. The van der Waals surface area contributed by atoms with Crippen molar-refractivity contribution in [2.24, 2.45) is 11.7 Å². The van der Waals surface area contributed by atoms with Crippen molar-refractivity contribution in [3.8, 4) is 0 Å². The van der Waals surface area contributed by atoms with Crippen molar-refractivity contribution in [2.75, 3.05) is 13.1 Å². The maximum atomic E-state index is 10.7. The van der Waals surface area contributed by atoms with E-state index in [9.17, 15) is 4.79 Å². The van der Waals surface area contributed by atoms with Crippen LogP contribution in [0, 0.1) is 5.92 Å². The highest BCUT2D eigenvalue weighted by Gasteiger charge is 2.38. The summed E-state index contributed by atoms with van der Waals surface area (Å²) in [7, 11) is 0. The van der Waals surface area contributed by atoms with E-state index in [1.54, 1.807) is 0 Å². The normalized spacial score (nSPS) is 33.4. The molecule has 3 heteroatoms. The first-order chi connectivity index (χ1) is 4.66. The van der Waals surface area contributed by atoms with Gasteiger partial charge in [-0.25, -0.2) is 0 Å². The van der Waals surface area contributed by atoms with Crippen LogP contribution in [0.2, 0.25) is 0 Å². The van der Waals surface area contributed by atoms with E-state index >= 15 is 0 Å². The lowest BCUT2D eigenvalue weighted by Gasteiger charge is -2.44. The van der Waals surface area contributed by atoms with Crippen LogP contribution in [0.15, 0.2) is 0 Å². The Hall–Kier alpha value is -0.570. The molecule has 1 saturated heterocycles. The number of nitrogens with zero attached hydrogens (tertiary/aromatic N) is 1. The number of carbonyl (C=O) groups is 1. The van der Waals surface area contributed by atoms with Crippen LogP contribution in [0.3, 0.4) is 0 Å². The van der Waals surface area contributed by atoms with Gasteiger partial charge in [0.15, 0.2) is 0 Å². The standard InChI is InChI=1S/C7H14N2O/c1-3-9-4-5(2)6(9)7(8)10/h5-6H,3-4H2,1-2H3,(H2,8,10). The molecule has 0 aromatic carbocycles. The minimum absolute atomic E-state index is 0.00463. The van der Waals surface area contributed by atoms with Gasteiger partial charge in [-0.1, -0.05) is 13.8 Å². The molecule has 1 aliphatic heterocycles. The van der Waals surface area contributed by atoms with E-state index in [-0.39, 0.29) is 11.9 Å². The Morgan fingerprint density at radius 1 is 1.80 bits per heavy atom. The predicted octanol–water partition coefficient (Wildman–Crippen LogP) is -0.188. The van der Waals surface area contributed by atoms with Crippen LogP contribution >= 0.6 is 0 Å². The number of nitrogens with two attached hydrogens (primary N) is 1. The van der Waals surface area contributed by atoms with Crippen LogP contribution in [-0.4, -0.2) is 29.9 Å². The SMILES string of the molecule is CCN1CC(C)C1C(N)=O. The summed E-state index contributed by atoms with van der Waals surface area (Å²) in [6.45, 7) is 6.05. The van der Waals surface area contributed by atoms with Crippen molar-refractivity contribution < 1.29 is 4.79 Å². The summed E-state index contributed by atoms with van der Waals surface area (Å²) in [5, 5.41) is 0. The second-order valence-electron chi connectivity index (χ2n) is 2.91. The summed E-state index contributed by atoms with van der Waals surface area (Å²) in [5.74, 6) is 0.276. The number of likely N-dealkylation sites (tertiary alicyclic amines) is 1. The second-order valence-corrected chi connectivity index (χ2v) is 2.91. The zero-order valence-electron chi connectivity index (χ0n) is 6.50. The highest BCUT2D eigenvalue weighted by atomic mass is 16.1. The van der Waals surface area contributed by atoms with E-state index < -0.39 is 0 Å². The van der Waals surface area contributed by atoms with E-state index in [1.807, 2.05) is 6.92 Å². The van der Waals surface area contributed by atoms with Gasteiger partial charge in [-0.3, -0.25) is 9.69 Å². The Kier molecular flexibility index (Phi) is 1.94. The third kappa shape index (κ3) is 1.01. The molecule has 0 aromatic heterocycles. The second kappa shape index (κ2) is 2.58. The first-order valence-corrected chi connectivity index (χ1v) is 3.70. The molecular formula is C7H14N2O. The lowest BCUT2D eigenvalue weighted by atomic mass is 9.90. The third-order valence-electron chi connectivity index (χ3n) is 2.15. The molecule has 1 aliphatic rings. The number of amides is 1. The van der Waals surface area contributed by atoms with Crippen molar-refractivity contribution >= 4 is 5.91 Å². The van der Waals surface area contributed by atoms with Gasteiger partial charge in [-0.05, 0) is 12.5 Å². The Labute approximate surface area is 61.2 Å². The molecule has 2 unspecified atom stereocenters. The van der Waals surface area contributed by atoms with Gasteiger partial charge in [-0.2, -0.15) is 0 Å². The smallest absolute Gasteiger partial charge is 0.235 e. The Morgan fingerprint density at radius 2 is 2.40 bits per heavy atom. The fourth-order valence-corrected chi connectivity index (χ4v) is 1.59. The van der Waals surface area contributed by atoms with Crippen LogP contribution in [0.5, 0.6) is 0 Å². The van der Waals surface area contributed by atoms with Gasteiger partial charge in [0.2, 0.25) is 5.91 Å². The number of rotatable bonds is 2. The van der Waals surface area contributed by atoms with Gasteiger partial charge < -0.3 is 5.73 Å². The molecule has 1 rings (SSSR count). The average Bonchev–Trinajstić information content (AvgIpc) is 1.80. The summed E-state index contributed by atoms with van der Waals surface area (Å²) in [6.07, 6.45) is 0. The maximum absolute atomic E-state index is 10.7. The molecule has 2 N–H and O–H groups in total. The highest BCUT2D eigenvalue weighted by Crippen LogP contribution is 2.22. The zero-order chi connectivity index (χ0) is 7.72. The van der Waals surface area contributed by atoms with Gasteiger partial charge in [-0.15, -0.1) is 0 Å². The quantitative estimate of drug-likeness (QED) is 0.581. The van der Waals surface area contributed by atoms with E-state index in [2.05, 4.69) is 11.8 Å². The highest BCUT2D eigenvalue weighted by molar-refractivity contribution is 5.81. The van der Waals surface area contributed by atoms with E-state index in [4.69, 9.17) is 5.73 Å². The summed E-state index contributed by atoms with van der Waals surface area (Å²) < 4.78 is 0. The summed E-state index contributed by atoms with van der Waals surface area (Å²) in [5.41, 5.74) is 5.17. The summed E-state index contributed by atoms with van der Waals surface area (Å²) in [6, 6.07) is 0.00463. The summed E-state index contributed by atoms with van der Waals surface area (Å²) >= 11 is 0. The third-order valence-corrected chi connectivity index (χ3v) is 2.15. The number of likely N-dealkylation sites (N-methyl/N-ethyl adjacent to an activating group) is 1. The molecule has 0 saturated carbocycles. The van der Waals surface area contributed by atoms with E-state index in [0.29, 0.717) is 5.92 Å². The van der Waals surface area contributed by atoms with E-state index in [1.165, 1.54) is 0 Å². The van der Waals surface area contributed by atoms with Crippen LogP contribution in [0.4, 0.5) is 0 Å². The van der Waals surface area contributed by atoms with Crippen molar-refractivity contribution in [2.45, 2.75) is 19.9 Å². The van der Waals surface area contributed by atoms with Crippen LogP contribution in [0.25, 0.3) is 0 Å². The molecular weight excluding hydrogens is 128 g/mol. The maximum Gasteiger partial charge on any atom is 0.235 e. The van der Waals surface area contributed by atoms with Gasteiger partial charge >= 0.3 is 0 Å². The molecule has 1 amide bonds. The lowest BCUT2D eigenvalue weighted by molar-refractivity contribution is -0.131. The first-order valence-electron chi connectivity index (χ1n) is 3.70. The van der Waals surface area contributed by atoms with Crippen molar-refractivity contribution in [1.29, 1.82) is 0 Å². The lowest BCUT2D eigenvalue weighted by Crippen LogP contribution is -2.60. The first kappa shape index (κ1) is 7.54. The van der Waals surface area contributed by atoms with Crippen molar-refractivity contribution in [1.82, 2.24) is 4.90 Å². The average molecular weight is 142 g/mol. The molecule has 0 aromatic rings. The molecule has 1 fully saturated rings. The van der Waals surface area contributed by atoms with Crippen LogP contribution in [-0.2, 0) is 4.79 Å². The molecule has 2 atom stereocenters. The minimum atomic E-state index is -0.180. The minimum Gasteiger partial charge on any atom is -0.368 e. The number of carbonyl (C=O) groups excluding carboxylic acids is 1. The van der Waals surface area contributed by atoms with Gasteiger partial charge in [0, 0.05) is 6.54 Å². The van der Waals surface area contributed by atoms with Gasteiger partial charge in [0.25, 0.3) is 0 Å². The van der Waals surface area contributed by atoms with Gasteiger partial charge in [0.1, 0.15) is 0 Å². The molecule has 0 spiro atoms. The van der Waals surface area contributed by atoms with Crippen molar-refractivity contribution in [3.05, 3.63) is 0 Å². The topological polar surface area (TPSA) is 46.3 Å². The number of hydrogen-bond donors (Lipinski definition) is 1. The Balaban J connectivity index is 2.48. The molecule has 1 heterocycles. The summed E-state index contributed by atoms with van der Waals surface area (Å²) in [4.78, 5) is 12.8. The Morgan fingerprint density at radius 3 is 2.60 bits per heavy atom. The fourth-order valence-electron chi connectivity index (χ4n) is 1.59. The molecule has 0 radical (unpaired) electrons. The molecule has 10 heavy (non-hydrogen) atoms. The number of primary amides is 1. The fraction of sp³-hybridized carbons (Fsp3) is 0.857. The van der Waals surface area contributed by atoms with Crippen LogP contribution in [0.1, 0.15) is 13.8 Å². The monoisotopic (exact) mass is 142 g/mol. The van der Waals surface area contributed by atoms with E-state index in [0.717, 1.165) is 13.1 Å². The van der Waals surface area contributed by atoms with Gasteiger partial charge in [0.05, 0.1) is 6.04 Å². The largest absolute Gasteiger partial charge is 0.368 e. The zero-order valence-corrected chi connectivity index (χ0v) is 6.50. The molecule has 0 aliphatic carbocycles. The molecule has 0 bridgehead atoms.